The van der Waals surface area contributed by atoms with Gasteiger partial charge in [-0.05, 0) is 44.9 Å². The second-order valence-electron chi connectivity index (χ2n) is 5.79. The van der Waals surface area contributed by atoms with Gasteiger partial charge in [0, 0.05) is 30.7 Å². The molecule has 0 bridgehead atoms. The Kier molecular flexibility index (Phi) is 4.63. The highest BCUT2D eigenvalue weighted by Crippen LogP contribution is 2.19. The molecule has 5 nitrogen and oxygen atoms in total. The topological polar surface area (TPSA) is 51.1 Å². The van der Waals surface area contributed by atoms with Gasteiger partial charge in [0.05, 0.1) is 18.4 Å². The number of ether oxygens (including phenoxy) is 1. The zero-order chi connectivity index (χ0) is 15.4. The summed E-state index contributed by atoms with van der Waals surface area (Å²) in [6.45, 7) is 6.42. The van der Waals surface area contributed by atoms with Crippen molar-refractivity contribution in [1.29, 1.82) is 0 Å². The van der Waals surface area contributed by atoms with Crippen LogP contribution in [0.5, 0.6) is 0 Å². The van der Waals surface area contributed by atoms with Crippen molar-refractivity contribution in [3.63, 3.8) is 0 Å². The average Bonchev–Trinajstić information content (AvgIpc) is 2.53. The largest absolute Gasteiger partial charge is 0.370 e. The van der Waals surface area contributed by atoms with E-state index in [0.29, 0.717) is 6.61 Å². The van der Waals surface area contributed by atoms with E-state index in [2.05, 4.69) is 19.9 Å². The number of piperidine rings is 1. The third kappa shape index (κ3) is 3.80. The Bertz CT molecular complexity index is 597. The monoisotopic (exact) mass is 298 g/mol. The van der Waals surface area contributed by atoms with Crippen molar-refractivity contribution >= 4 is 5.95 Å². The molecule has 3 rings (SSSR count). The van der Waals surface area contributed by atoms with Gasteiger partial charge in [0.25, 0.3) is 0 Å². The summed E-state index contributed by atoms with van der Waals surface area (Å²) in [4.78, 5) is 15.6. The third-order valence-corrected chi connectivity index (χ3v) is 3.82. The van der Waals surface area contributed by atoms with Gasteiger partial charge in [-0.3, -0.25) is 4.98 Å². The van der Waals surface area contributed by atoms with Gasteiger partial charge in [-0.25, -0.2) is 9.97 Å². The maximum Gasteiger partial charge on any atom is 0.225 e. The first kappa shape index (κ1) is 14.9. The summed E-state index contributed by atoms with van der Waals surface area (Å²) in [5.41, 5.74) is 3.00. The molecule has 0 aromatic carbocycles. The number of hydrogen-bond acceptors (Lipinski definition) is 5. The molecule has 1 aliphatic rings. The maximum absolute atomic E-state index is 6.02. The SMILES string of the molecule is Cc1cc(C)nc(N2CCC[C@@H](OCc3ccccn3)C2)n1. The second-order valence-corrected chi connectivity index (χ2v) is 5.79. The van der Waals surface area contributed by atoms with Crippen LogP contribution in [0.15, 0.2) is 30.5 Å². The van der Waals surface area contributed by atoms with Crippen LogP contribution in [0.25, 0.3) is 0 Å². The highest BCUT2D eigenvalue weighted by Gasteiger charge is 2.22. The average molecular weight is 298 g/mol. The molecule has 1 saturated heterocycles. The third-order valence-electron chi connectivity index (χ3n) is 3.82. The number of aryl methyl sites for hydroxylation is 2. The fraction of sp³-hybridized carbons (Fsp3) is 0.471. The first-order chi connectivity index (χ1) is 10.7. The normalized spacial score (nSPS) is 18.5. The van der Waals surface area contributed by atoms with Gasteiger partial charge in [0.15, 0.2) is 0 Å². The van der Waals surface area contributed by atoms with E-state index in [9.17, 15) is 0 Å². The van der Waals surface area contributed by atoms with Crippen molar-refractivity contribution in [2.45, 2.75) is 39.4 Å². The minimum absolute atomic E-state index is 0.208. The summed E-state index contributed by atoms with van der Waals surface area (Å²) in [6, 6.07) is 7.90. The second kappa shape index (κ2) is 6.83. The van der Waals surface area contributed by atoms with E-state index in [1.165, 1.54) is 0 Å². The molecule has 0 amide bonds. The van der Waals surface area contributed by atoms with Gasteiger partial charge in [0.1, 0.15) is 0 Å². The van der Waals surface area contributed by atoms with E-state index in [1.54, 1.807) is 6.20 Å². The molecule has 116 valence electrons. The summed E-state index contributed by atoms with van der Waals surface area (Å²) in [7, 11) is 0. The van der Waals surface area contributed by atoms with E-state index in [4.69, 9.17) is 4.74 Å². The van der Waals surface area contributed by atoms with E-state index in [-0.39, 0.29) is 6.10 Å². The molecule has 0 aliphatic carbocycles. The molecule has 2 aromatic heterocycles. The Morgan fingerprint density at radius 3 is 2.77 bits per heavy atom. The molecular weight excluding hydrogens is 276 g/mol. The molecule has 0 spiro atoms. The molecule has 5 heteroatoms. The molecule has 0 saturated carbocycles. The van der Waals surface area contributed by atoms with Crippen LogP contribution < -0.4 is 4.90 Å². The highest BCUT2D eigenvalue weighted by molar-refractivity contribution is 5.33. The Hall–Kier alpha value is -2.01. The molecule has 0 radical (unpaired) electrons. The van der Waals surface area contributed by atoms with Crippen LogP contribution in [0.1, 0.15) is 29.9 Å². The summed E-state index contributed by atoms with van der Waals surface area (Å²) in [5, 5.41) is 0. The lowest BCUT2D eigenvalue weighted by atomic mass is 10.1. The van der Waals surface area contributed by atoms with Crippen LogP contribution in [0.2, 0.25) is 0 Å². The van der Waals surface area contributed by atoms with Gasteiger partial charge in [0.2, 0.25) is 5.95 Å². The fourth-order valence-electron chi connectivity index (χ4n) is 2.79. The van der Waals surface area contributed by atoms with Crippen molar-refractivity contribution < 1.29 is 4.74 Å². The Morgan fingerprint density at radius 1 is 1.23 bits per heavy atom. The summed E-state index contributed by atoms with van der Waals surface area (Å²) >= 11 is 0. The van der Waals surface area contributed by atoms with Crippen LogP contribution in [0, 0.1) is 13.8 Å². The van der Waals surface area contributed by atoms with Gasteiger partial charge in [-0.15, -0.1) is 0 Å². The smallest absolute Gasteiger partial charge is 0.225 e. The zero-order valence-corrected chi connectivity index (χ0v) is 13.2. The van der Waals surface area contributed by atoms with Crippen molar-refractivity contribution in [3.8, 4) is 0 Å². The van der Waals surface area contributed by atoms with Crippen LogP contribution in [0.4, 0.5) is 5.95 Å². The van der Waals surface area contributed by atoms with Crippen LogP contribution in [0.3, 0.4) is 0 Å². The molecule has 0 unspecified atom stereocenters. The maximum atomic E-state index is 6.02. The molecule has 0 N–H and O–H groups in total. The van der Waals surface area contributed by atoms with E-state index in [1.807, 2.05) is 38.1 Å². The fourth-order valence-corrected chi connectivity index (χ4v) is 2.79. The number of nitrogens with zero attached hydrogens (tertiary/aromatic N) is 4. The number of rotatable bonds is 4. The number of pyridine rings is 1. The van der Waals surface area contributed by atoms with Crippen LogP contribution in [-0.4, -0.2) is 34.1 Å². The van der Waals surface area contributed by atoms with Crippen molar-refractivity contribution in [1.82, 2.24) is 15.0 Å². The molecule has 1 aliphatic heterocycles. The molecular formula is C17H22N4O. The first-order valence-electron chi connectivity index (χ1n) is 7.79. The van der Waals surface area contributed by atoms with Gasteiger partial charge in [-0.1, -0.05) is 6.07 Å². The van der Waals surface area contributed by atoms with E-state index >= 15 is 0 Å². The predicted octanol–water partition coefficient (Wildman–Crippen LogP) is 2.67. The minimum atomic E-state index is 0.208. The molecule has 2 aromatic rings. The van der Waals surface area contributed by atoms with Crippen LogP contribution >= 0.6 is 0 Å². The lowest BCUT2D eigenvalue weighted by Crippen LogP contribution is -2.40. The number of anilines is 1. The van der Waals surface area contributed by atoms with E-state index < -0.39 is 0 Å². The first-order valence-corrected chi connectivity index (χ1v) is 7.79. The summed E-state index contributed by atoms with van der Waals surface area (Å²) in [5.74, 6) is 0.823. The summed E-state index contributed by atoms with van der Waals surface area (Å²) < 4.78 is 6.02. The number of aromatic nitrogens is 3. The van der Waals surface area contributed by atoms with Gasteiger partial charge in [-0.2, -0.15) is 0 Å². The Labute approximate surface area is 131 Å². The lowest BCUT2D eigenvalue weighted by Gasteiger charge is -2.32. The minimum Gasteiger partial charge on any atom is -0.370 e. The molecule has 22 heavy (non-hydrogen) atoms. The summed E-state index contributed by atoms with van der Waals surface area (Å²) in [6.07, 6.45) is 4.19. The predicted molar refractivity (Wildman–Crippen MR) is 85.8 cm³/mol. The molecule has 1 atom stereocenters. The number of hydrogen-bond donors (Lipinski definition) is 0. The highest BCUT2D eigenvalue weighted by atomic mass is 16.5. The Morgan fingerprint density at radius 2 is 2.05 bits per heavy atom. The zero-order valence-electron chi connectivity index (χ0n) is 13.2. The molecule has 1 fully saturated rings. The van der Waals surface area contributed by atoms with Gasteiger partial charge >= 0.3 is 0 Å². The lowest BCUT2D eigenvalue weighted by molar-refractivity contribution is 0.0295. The van der Waals surface area contributed by atoms with Crippen LogP contribution in [-0.2, 0) is 11.3 Å². The van der Waals surface area contributed by atoms with Crippen molar-refractivity contribution in [2.75, 3.05) is 18.0 Å². The quantitative estimate of drug-likeness (QED) is 0.868. The molecule has 3 heterocycles. The van der Waals surface area contributed by atoms with Gasteiger partial charge < -0.3 is 9.64 Å². The van der Waals surface area contributed by atoms with E-state index in [0.717, 1.165) is 49.0 Å². The standard InChI is InChI=1S/C17H22N4O/c1-13-10-14(2)20-17(19-13)21-9-5-7-16(11-21)22-12-15-6-3-4-8-18-15/h3-4,6,8,10,16H,5,7,9,11-12H2,1-2H3/t16-/m1/s1. The Balaban J connectivity index is 1.61. The van der Waals surface area contributed by atoms with Crippen molar-refractivity contribution in [3.05, 3.63) is 47.5 Å². The van der Waals surface area contributed by atoms with Crippen molar-refractivity contribution in [2.24, 2.45) is 0 Å².